The molecule has 2 nitrogen and oxygen atoms in total. The van der Waals surface area contributed by atoms with Gasteiger partial charge >= 0.3 is 0 Å². The largest absolute Gasteiger partial charge is 0.379 e. The van der Waals surface area contributed by atoms with E-state index >= 15 is 0 Å². The molecule has 0 aromatic carbocycles. The molecule has 0 bridgehead atoms. The van der Waals surface area contributed by atoms with Crippen molar-refractivity contribution in [2.75, 3.05) is 14.2 Å². The predicted octanol–water partition coefficient (Wildman–Crippen LogP) is 2.44. The number of nitrogens with one attached hydrogen (secondary N) is 1. The van der Waals surface area contributed by atoms with Crippen LogP contribution < -0.4 is 5.32 Å². The van der Waals surface area contributed by atoms with E-state index in [2.05, 4.69) is 33.0 Å². The van der Waals surface area contributed by atoms with Crippen molar-refractivity contribution < 1.29 is 4.74 Å². The Labute approximate surface area is 83.1 Å². The number of rotatable bonds is 6. The van der Waals surface area contributed by atoms with Gasteiger partial charge in [0.25, 0.3) is 0 Å². The number of hydrogen-bond donors (Lipinski definition) is 1. The van der Waals surface area contributed by atoms with Crippen LogP contribution in [0.2, 0.25) is 0 Å². The lowest BCUT2D eigenvalue weighted by Crippen LogP contribution is -2.33. The normalized spacial score (nSPS) is 15.0. The smallest absolute Gasteiger partial charge is 0.0623 e. The van der Waals surface area contributed by atoms with Crippen LogP contribution in [-0.2, 0) is 4.74 Å². The van der Waals surface area contributed by atoms with Gasteiger partial charge in [-0.05, 0) is 39.7 Å². The third kappa shape index (κ3) is 5.27. The van der Waals surface area contributed by atoms with E-state index in [1.807, 2.05) is 7.05 Å². The second kappa shape index (κ2) is 5.61. The van der Waals surface area contributed by atoms with Gasteiger partial charge in [-0.25, -0.2) is 0 Å². The lowest BCUT2D eigenvalue weighted by atomic mass is 9.93. The third-order valence-electron chi connectivity index (χ3n) is 2.79. The average molecular weight is 187 g/mol. The first-order valence-electron chi connectivity index (χ1n) is 5.15. The van der Waals surface area contributed by atoms with Gasteiger partial charge in [0.1, 0.15) is 0 Å². The molecule has 0 aliphatic rings. The summed E-state index contributed by atoms with van der Waals surface area (Å²) in [7, 11) is 3.81. The van der Waals surface area contributed by atoms with Gasteiger partial charge in [-0.3, -0.25) is 0 Å². The fourth-order valence-electron chi connectivity index (χ4n) is 1.42. The molecule has 0 saturated carbocycles. The highest BCUT2D eigenvalue weighted by Gasteiger charge is 2.19. The highest BCUT2D eigenvalue weighted by molar-refractivity contribution is 4.75. The molecule has 0 aromatic rings. The van der Waals surface area contributed by atoms with E-state index in [0.717, 1.165) is 6.42 Å². The summed E-state index contributed by atoms with van der Waals surface area (Å²) < 4.78 is 5.38. The van der Waals surface area contributed by atoms with Crippen molar-refractivity contribution in [2.24, 2.45) is 5.92 Å². The van der Waals surface area contributed by atoms with Gasteiger partial charge in [0, 0.05) is 13.2 Å². The lowest BCUT2D eigenvalue weighted by Gasteiger charge is -2.27. The number of hydrogen-bond acceptors (Lipinski definition) is 2. The van der Waals surface area contributed by atoms with Crippen molar-refractivity contribution in [3.8, 4) is 0 Å². The molecule has 0 rings (SSSR count). The van der Waals surface area contributed by atoms with Crippen LogP contribution in [0, 0.1) is 5.92 Å². The predicted molar refractivity (Wildman–Crippen MR) is 58.0 cm³/mol. The summed E-state index contributed by atoms with van der Waals surface area (Å²) in [5, 5.41) is 3.34. The Kier molecular flexibility index (Phi) is 5.57. The maximum atomic E-state index is 5.38. The Hall–Kier alpha value is -0.0800. The van der Waals surface area contributed by atoms with Crippen molar-refractivity contribution in [1.29, 1.82) is 0 Å². The van der Waals surface area contributed by atoms with Crippen molar-refractivity contribution in [3.05, 3.63) is 0 Å². The van der Waals surface area contributed by atoms with E-state index in [9.17, 15) is 0 Å². The Bertz CT molecular complexity index is 132. The van der Waals surface area contributed by atoms with Crippen LogP contribution in [0.4, 0.5) is 0 Å². The van der Waals surface area contributed by atoms with E-state index in [1.54, 1.807) is 7.11 Å². The van der Waals surface area contributed by atoms with Crippen molar-refractivity contribution in [2.45, 2.75) is 52.2 Å². The van der Waals surface area contributed by atoms with Gasteiger partial charge in [0.2, 0.25) is 0 Å². The van der Waals surface area contributed by atoms with E-state index < -0.39 is 0 Å². The summed E-state index contributed by atoms with van der Waals surface area (Å²) >= 11 is 0. The molecule has 0 spiro atoms. The summed E-state index contributed by atoms with van der Waals surface area (Å²) in [6.45, 7) is 8.78. The minimum absolute atomic E-state index is 0.0178. The molecule has 80 valence electrons. The molecule has 0 radical (unpaired) electrons. The summed E-state index contributed by atoms with van der Waals surface area (Å²) in [6, 6.07) is 0.606. The molecule has 0 aliphatic heterocycles. The molecule has 0 amide bonds. The molecule has 13 heavy (non-hydrogen) atoms. The Morgan fingerprint density at radius 3 is 2.15 bits per heavy atom. The standard InChI is InChI=1S/C11H25NO/c1-9(2)10(12-5)7-8-11(3,4)13-6/h9-10,12H,7-8H2,1-6H3. The first kappa shape index (κ1) is 12.9. The maximum Gasteiger partial charge on any atom is 0.0623 e. The molecule has 0 heterocycles. The molecule has 0 fully saturated rings. The van der Waals surface area contributed by atoms with Crippen LogP contribution in [-0.4, -0.2) is 25.8 Å². The molecule has 0 aliphatic carbocycles. The highest BCUT2D eigenvalue weighted by atomic mass is 16.5. The van der Waals surface area contributed by atoms with Gasteiger partial charge in [-0.1, -0.05) is 13.8 Å². The van der Waals surface area contributed by atoms with Crippen LogP contribution in [0.5, 0.6) is 0 Å². The van der Waals surface area contributed by atoms with Gasteiger partial charge in [0.15, 0.2) is 0 Å². The minimum Gasteiger partial charge on any atom is -0.379 e. The topological polar surface area (TPSA) is 21.3 Å². The molecule has 2 heteroatoms. The van der Waals surface area contributed by atoms with E-state index in [1.165, 1.54) is 6.42 Å². The quantitative estimate of drug-likeness (QED) is 0.689. The SMILES string of the molecule is CNC(CCC(C)(C)OC)C(C)C. The summed E-state index contributed by atoms with van der Waals surface area (Å²) in [5.74, 6) is 0.692. The maximum absolute atomic E-state index is 5.38. The second-order valence-electron chi connectivity index (χ2n) is 4.64. The molecule has 1 atom stereocenters. The molecule has 0 saturated heterocycles. The fourth-order valence-corrected chi connectivity index (χ4v) is 1.42. The third-order valence-corrected chi connectivity index (χ3v) is 2.79. The zero-order chi connectivity index (χ0) is 10.5. The number of ether oxygens (including phenoxy) is 1. The van der Waals surface area contributed by atoms with Crippen LogP contribution >= 0.6 is 0 Å². The van der Waals surface area contributed by atoms with Gasteiger partial charge < -0.3 is 10.1 Å². The molecular formula is C11H25NO. The van der Waals surface area contributed by atoms with Gasteiger partial charge in [0.05, 0.1) is 5.60 Å². The monoisotopic (exact) mass is 187 g/mol. The molecule has 1 unspecified atom stereocenters. The van der Waals surface area contributed by atoms with Crippen LogP contribution in [0.25, 0.3) is 0 Å². The average Bonchev–Trinajstić information content (AvgIpc) is 2.05. The Morgan fingerprint density at radius 2 is 1.85 bits per heavy atom. The highest BCUT2D eigenvalue weighted by Crippen LogP contribution is 2.19. The second-order valence-corrected chi connectivity index (χ2v) is 4.64. The zero-order valence-electron chi connectivity index (χ0n) is 9.98. The fraction of sp³-hybridized carbons (Fsp3) is 1.00. The summed E-state index contributed by atoms with van der Waals surface area (Å²) in [4.78, 5) is 0. The van der Waals surface area contributed by atoms with Crippen LogP contribution in [0.3, 0.4) is 0 Å². The van der Waals surface area contributed by atoms with Gasteiger partial charge in [-0.2, -0.15) is 0 Å². The van der Waals surface area contributed by atoms with Crippen LogP contribution in [0.15, 0.2) is 0 Å². The number of methoxy groups -OCH3 is 1. The Balaban J connectivity index is 3.85. The first-order chi connectivity index (χ1) is 5.93. The molecular weight excluding hydrogens is 162 g/mol. The van der Waals surface area contributed by atoms with Crippen molar-refractivity contribution >= 4 is 0 Å². The van der Waals surface area contributed by atoms with Gasteiger partial charge in [-0.15, -0.1) is 0 Å². The lowest BCUT2D eigenvalue weighted by molar-refractivity contribution is 0.0108. The molecule has 0 aromatic heterocycles. The van der Waals surface area contributed by atoms with E-state index in [-0.39, 0.29) is 5.60 Å². The van der Waals surface area contributed by atoms with Crippen LogP contribution in [0.1, 0.15) is 40.5 Å². The summed E-state index contributed by atoms with van der Waals surface area (Å²) in [5.41, 5.74) is 0.0178. The van der Waals surface area contributed by atoms with E-state index in [4.69, 9.17) is 4.74 Å². The summed E-state index contributed by atoms with van der Waals surface area (Å²) in [6.07, 6.45) is 2.28. The molecule has 1 N–H and O–H groups in total. The first-order valence-corrected chi connectivity index (χ1v) is 5.15. The van der Waals surface area contributed by atoms with Crippen molar-refractivity contribution in [3.63, 3.8) is 0 Å². The minimum atomic E-state index is 0.0178. The van der Waals surface area contributed by atoms with Crippen molar-refractivity contribution in [1.82, 2.24) is 5.32 Å². The Morgan fingerprint density at radius 1 is 1.31 bits per heavy atom. The van der Waals surface area contributed by atoms with E-state index in [0.29, 0.717) is 12.0 Å². The zero-order valence-corrected chi connectivity index (χ0v) is 9.98.